The lowest BCUT2D eigenvalue weighted by atomic mass is 10.2. The van der Waals surface area contributed by atoms with E-state index in [1.165, 1.54) is 12.1 Å². The van der Waals surface area contributed by atoms with Crippen LogP contribution in [-0.2, 0) is 4.79 Å². The van der Waals surface area contributed by atoms with Gasteiger partial charge in [-0.2, -0.15) is 0 Å². The van der Waals surface area contributed by atoms with Gasteiger partial charge < -0.3 is 15.8 Å². The lowest BCUT2D eigenvalue weighted by Crippen LogP contribution is -2.30. The molecule has 1 unspecified atom stereocenters. The van der Waals surface area contributed by atoms with Gasteiger partial charge in [0, 0.05) is 0 Å². The predicted octanol–water partition coefficient (Wildman–Crippen LogP) is 3.47. The Kier molecular flexibility index (Phi) is 4.65. The van der Waals surface area contributed by atoms with E-state index in [2.05, 4.69) is 5.32 Å². The van der Waals surface area contributed by atoms with Crippen LogP contribution in [0.1, 0.15) is 6.92 Å². The molecule has 1 amide bonds. The average molecular weight is 309 g/mol. The highest BCUT2D eigenvalue weighted by Crippen LogP contribution is 2.25. The molecular weight excluding hydrogens is 295 g/mol. The van der Waals surface area contributed by atoms with E-state index >= 15 is 0 Å². The molecule has 0 saturated carbocycles. The van der Waals surface area contributed by atoms with Crippen LogP contribution in [0.2, 0.25) is 5.02 Å². The van der Waals surface area contributed by atoms with E-state index in [0.29, 0.717) is 16.5 Å². The van der Waals surface area contributed by atoms with Crippen LogP contribution in [0.4, 0.5) is 15.8 Å². The molecule has 6 heteroatoms. The van der Waals surface area contributed by atoms with Gasteiger partial charge in [0.1, 0.15) is 11.6 Å². The van der Waals surface area contributed by atoms with Crippen molar-refractivity contribution in [1.82, 2.24) is 0 Å². The fourth-order valence-electron chi connectivity index (χ4n) is 1.67. The summed E-state index contributed by atoms with van der Waals surface area (Å²) < 4.78 is 18.4. The molecule has 0 radical (unpaired) electrons. The summed E-state index contributed by atoms with van der Waals surface area (Å²) in [6, 6.07) is 10.6. The van der Waals surface area contributed by atoms with Gasteiger partial charge in [0.15, 0.2) is 6.10 Å². The lowest BCUT2D eigenvalue weighted by molar-refractivity contribution is -0.122. The van der Waals surface area contributed by atoms with E-state index in [1.807, 2.05) is 0 Å². The van der Waals surface area contributed by atoms with Crippen molar-refractivity contribution in [3.8, 4) is 5.75 Å². The SMILES string of the molecule is CC(Oc1ccccc1Cl)C(=O)Nc1ccc(F)cc1N. The topological polar surface area (TPSA) is 64.3 Å². The maximum Gasteiger partial charge on any atom is 0.265 e. The Morgan fingerprint density at radius 1 is 1.33 bits per heavy atom. The van der Waals surface area contributed by atoms with Crippen LogP contribution >= 0.6 is 11.6 Å². The Bertz CT molecular complexity index is 664. The van der Waals surface area contributed by atoms with Gasteiger partial charge in [-0.3, -0.25) is 4.79 Å². The summed E-state index contributed by atoms with van der Waals surface area (Å²) in [5.41, 5.74) is 6.11. The third-order valence-electron chi connectivity index (χ3n) is 2.78. The molecule has 0 aromatic heterocycles. The Morgan fingerprint density at radius 2 is 2.05 bits per heavy atom. The molecule has 0 heterocycles. The zero-order valence-electron chi connectivity index (χ0n) is 11.3. The predicted molar refractivity (Wildman–Crippen MR) is 81.0 cm³/mol. The number of nitrogen functional groups attached to an aromatic ring is 1. The molecule has 0 spiro atoms. The maximum absolute atomic E-state index is 12.9. The fourth-order valence-corrected chi connectivity index (χ4v) is 1.85. The first kappa shape index (κ1) is 15.1. The summed E-state index contributed by atoms with van der Waals surface area (Å²) >= 11 is 5.96. The van der Waals surface area contributed by atoms with Gasteiger partial charge >= 0.3 is 0 Å². The summed E-state index contributed by atoms with van der Waals surface area (Å²) in [6.45, 7) is 1.58. The van der Waals surface area contributed by atoms with Crippen LogP contribution in [0.5, 0.6) is 5.75 Å². The highest BCUT2D eigenvalue weighted by molar-refractivity contribution is 6.32. The first-order valence-electron chi connectivity index (χ1n) is 6.24. The molecule has 21 heavy (non-hydrogen) atoms. The molecule has 2 aromatic rings. The number of anilines is 2. The first-order chi connectivity index (χ1) is 9.97. The number of ether oxygens (including phenoxy) is 1. The number of carbonyl (C=O) groups excluding carboxylic acids is 1. The summed E-state index contributed by atoms with van der Waals surface area (Å²) in [6.07, 6.45) is -0.783. The second-order valence-corrected chi connectivity index (χ2v) is 4.82. The monoisotopic (exact) mass is 308 g/mol. The molecule has 0 bridgehead atoms. The van der Waals surface area contributed by atoms with Crippen molar-refractivity contribution in [3.05, 3.63) is 53.3 Å². The zero-order valence-corrected chi connectivity index (χ0v) is 12.0. The average Bonchev–Trinajstić information content (AvgIpc) is 2.44. The Labute approximate surface area is 126 Å². The van der Waals surface area contributed by atoms with Crippen LogP contribution < -0.4 is 15.8 Å². The van der Waals surface area contributed by atoms with Gasteiger partial charge in [0.05, 0.1) is 16.4 Å². The Hall–Kier alpha value is -2.27. The standard InChI is InChI=1S/C15H14ClFN2O2/c1-9(21-14-5-3-2-4-11(14)16)15(20)19-13-7-6-10(17)8-12(13)18/h2-9H,18H2,1H3,(H,19,20). The van der Waals surface area contributed by atoms with Crippen molar-refractivity contribution in [1.29, 1.82) is 0 Å². The molecule has 110 valence electrons. The number of hydrogen-bond acceptors (Lipinski definition) is 3. The number of amides is 1. The highest BCUT2D eigenvalue weighted by atomic mass is 35.5. The largest absolute Gasteiger partial charge is 0.479 e. The molecule has 3 N–H and O–H groups in total. The van der Waals surface area contributed by atoms with E-state index in [-0.39, 0.29) is 5.69 Å². The van der Waals surface area contributed by atoms with Gasteiger partial charge in [-0.05, 0) is 37.3 Å². The molecule has 0 aliphatic carbocycles. The van der Waals surface area contributed by atoms with E-state index in [4.69, 9.17) is 22.1 Å². The van der Waals surface area contributed by atoms with Gasteiger partial charge in [-0.1, -0.05) is 23.7 Å². The van der Waals surface area contributed by atoms with Crippen LogP contribution in [0.25, 0.3) is 0 Å². The minimum absolute atomic E-state index is 0.147. The summed E-state index contributed by atoms with van der Waals surface area (Å²) in [4.78, 5) is 12.0. The Balaban J connectivity index is 2.04. The number of carbonyl (C=O) groups is 1. The van der Waals surface area contributed by atoms with Crippen molar-refractivity contribution >= 4 is 28.9 Å². The maximum atomic E-state index is 12.9. The normalized spacial score (nSPS) is 11.8. The summed E-state index contributed by atoms with van der Waals surface area (Å²) in [7, 11) is 0. The van der Waals surface area contributed by atoms with Crippen molar-refractivity contribution in [3.63, 3.8) is 0 Å². The first-order valence-corrected chi connectivity index (χ1v) is 6.62. The second-order valence-electron chi connectivity index (χ2n) is 4.41. The molecule has 2 aromatic carbocycles. The van der Waals surface area contributed by atoms with Crippen LogP contribution in [0, 0.1) is 5.82 Å². The quantitative estimate of drug-likeness (QED) is 0.850. The van der Waals surface area contributed by atoms with E-state index in [0.717, 1.165) is 6.07 Å². The smallest absolute Gasteiger partial charge is 0.265 e. The fraction of sp³-hybridized carbons (Fsp3) is 0.133. The highest BCUT2D eigenvalue weighted by Gasteiger charge is 2.17. The number of benzene rings is 2. The van der Waals surface area contributed by atoms with Crippen molar-refractivity contribution in [2.24, 2.45) is 0 Å². The molecule has 1 atom stereocenters. The summed E-state index contributed by atoms with van der Waals surface area (Å²) in [5.74, 6) is -0.465. The van der Waals surface area contributed by atoms with E-state index < -0.39 is 17.8 Å². The number of rotatable bonds is 4. The van der Waals surface area contributed by atoms with Gasteiger partial charge in [-0.25, -0.2) is 4.39 Å². The minimum atomic E-state index is -0.783. The second kappa shape index (κ2) is 6.45. The third kappa shape index (κ3) is 3.86. The number of nitrogens with one attached hydrogen (secondary N) is 1. The van der Waals surface area contributed by atoms with E-state index in [9.17, 15) is 9.18 Å². The minimum Gasteiger partial charge on any atom is -0.479 e. The van der Waals surface area contributed by atoms with Crippen molar-refractivity contribution < 1.29 is 13.9 Å². The molecule has 2 rings (SSSR count). The number of halogens is 2. The molecule has 0 aliphatic heterocycles. The van der Waals surface area contributed by atoms with Gasteiger partial charge in [-0.15, -0.1) is 0 Å². The summed E-state index contributed by atoms with van der Waals surface area (Å²) in [5, 5.41) is 2.99. The van der Waals surface area contributed by atoms with Crippen LogP contribution in [0.15, 0.2) is 42.5 Å². The van der Waals surface area contributed by atoms with Gasteiger partial charge in [0.2, 0.25) is 0 Å². The molecule has 4 nitrogen and oxygen atoms in total. The lowest BCUT2D eigenvalue weighted by Gasteiger charge is -2.16. The zero-order chi connectivity index (χ0) is 15.4. The molecule has 0 aliphatic rings. The van der Waals surface area contributed by atoms with Crippen LogP contribution in [0.3, 0.4) is 0 Å². The molecule has 0 saturated heterocycles. The van der Waals surface area contributed by atoms with Crippen molar-refractivity contribution in [2.75, 3.05) is 11.1 Å². The van der Waals surface area contributed by atoms with Crippen molar-refractivity contribution in [2.45, 2.75) is 13.0 Å². The number of nitrogens with two attached hydrogens (primary N) is 1. The Morgan fingerprint density at radius 3 is 2.71 bits per heavy atom. The molecular formula is C15H14ClFN2O2. The number of hydrogen-bond donors (Lipinski definition) is 2. The van der Waals surface area contributed by atoms with Gasteiger partial charge in [0.25, 0.3) is 5.91 Å². The number of para-hydroxylation sites is 1. The van der Waals surface area contributed by atoms with Crippen LogP contribution in [-0.4, -0.2) is 12.0 Å². The third-order valence-corrected chi connectivity index (χ3v) is 3.09. The van der Waals surface area contributed by atoms with E-state index in [1.54, 1.807) is 31.2 Å². The molecule has 0 fully saturated rings.